The normalized spacial score (nSPS) is 59.2. The summed E-state index contributed by atoms with van der Waals surface area (Å²) in [6.07, 6.45) is 12.4. The Hall–Kier alpha value is -0.380. The van der Waals surface area contributed by atoms with Gasteiger partial charge in [-0.1, -0.05) is 59.6 Å². The zero-order chi connectivity index (χ0) is 25.2. The van der Waals surface area contributed by atoms with Crippen molar-refractivity contribution < 1.29 is 14.6 Å². The minimum absolute atomic E-state index is 0.110. The van der Waals surface area contributed by atoms with E-state index in [4.69, 9.17) is 9.47 Å². The highest BCUT2D eigenvalue weighted by Gasteiger charge is 2.70. The van der Waals surface area contributed by atoms with Crippen LogP contribution in [0.2, 0.25) is 0 Å². The van der Waals surface area contributed by atoms with Crippen molar-refractivity contribution in [2.75, 3.05) is 6.61 Å². The summed E-state index contributed by atoms with van der Waals surface area (Å²) in [5.74, 6) is 3.89. The molecule has 3 heteroatoms. The van der Waals surface area contributed by atoms with Crippen LogP contribution in [-0.2, 0) is 9.47 Å². The first-order chi connectivity index (χ1) is 16.3. The van der Waals surface area contributed by atoms with Crippen molar-refractivity contribution in [3.05, 3.63) is 11.6 Å². The molecule has 0 amide bonds. The van der Waals surface area contributed by atoms with Gasteiger partial charge in [0.05, 0.1) is 18.8 Å². The maximum absolute atomic E-state index is 11.6. The predicted octanol–water partition coefficient (Wildman–Crippen LogP) is 7.38. The average Bonchev–Trinajstić information content (AvgIpc) is 2.77. The lowest BCUT2D eigenvalue weighted by Crippen LogP contribution is -2.70. The lowest BCUT2D eigenvalue weighted by molar-refractivity contribution is -0.368. The Kier molecular flexibility index (Phi) is 5.41. The fraction of sp³-hybridized carbons (Fsp3) is 0.938. The molecule has 0 aromatic carbocycles. The second-order valence-corrected chi connectivity index (χ2v) is 15.5. The average molecular weight is 485 g/mol. The highest BCUT2D eigenvalue weighted by atomic mass is 16.7. The van der Waals surface area contributed by atoms with Crippen molar-refractivity contribution in [1.29, 1.82) is 0 Å². The number of hydrogen-bond donors (Lipinski definition) is 1. The maximum atomic E-state index is 11.6. The Morgan fingerprint density at radius 1 is 0.886 bits per heavy atom. The van der Waals surface area contributed by atoms with Gasteiger partial charge in [0.15, 0.2) is 5.79 Å². The lowest BCUT2D eigenvalue weighted by atomic mass is 9.34. The van der Waals surface area contributed by atoms with Crippen LogP contribution in [-0.4, -0.2) is 29.7 Å². The van der Waals surface area contributed by atoms with Crippen molar-refractivity contribution in [1.82, 2.24) is 0 Å². The molecule has 0 aromatic heterocycles. The van der Waals surface area contributed by atoms with Gasteiger partial charge in [0.2, 0.25) is 0 Å². The van der Waals surface area contributed by atoms with E-state index in [0.717, 1.165) is 30.1 Å². The SMILES string of the molecule is C[C@@H]1CCC2CC[C@]3(C)C(=CCC4[C@@]5(C)CC(O)C6OC(C)(C)OC[C@]6(C)C5CC[C@]43C)C2[C@H]1C. The standard InChI is InChI=1S/C32H52O3/c1-19-9-10-21-13-15-31(7)22(26(21)20(19)2)11-12-25-29(5)17-23(33)27-30(6,18-34-28(3,4)35-27)24(29)14-16-32(25,31)8/h11,19-21,23-27,33H,9-10,12-18H2,1-8H3/t19-,20+,21?,23?,24?,25?,26?,27?,29+,30-,31-,32-/m1/s1. The Bertz CT molecular complexity index is 906. The van der Waals surface area contributed by atoms with Crippen LogP contribution in [0.15, 0.2) is 11.6 Å². The van der Waals surface area contributed by atoms with Crippen molar-refractivity contribution in [2.24, 2.45) is 57.2 Å². The Morgan fingerprint density at radius 2 is 1.63 bits per heavy atom. The molecule has 1 heterocycles. The third-order valence-corrected chi connectivity index (χ3v) is 13.7. The topological polar surface area (TPSA) is 38.7 Å². The first-order valence-corrected chi connectivity index (χ1v) is 15.0. The highest BCUT2D eigenvalue weighted by molar-refractivity contribution is 5.32. The zero-order valence-corrected chi connectivity index (χ0v) is 23.8. The van der Waals surface area contributed by atoms with E-state index in [1.54, 1.807) is 0 Å². The quantitative estimate of drug-likeness (QED) is 0.365. The first-order valence-electron chi connectivity index (χ1n) is 15.0. The van der Waals surface area contributed by atoms with Gasteiger partial charge in [-0.05, 0) is 111 Å². The smallest absolute Gasteiger partial charge is 0.163 e. The van der Waals surface area contributed by atoms with Gasteiger partial charge in [-0.3, -0.25) is 0 Å². The van der Waals surface area contributed by atoms with E-state index < -0.39 is 11.9 Å². The summed E-state index contributed by atoms with van der Waals surface area (Å²) in [7, 11) is 0. The van der Waals surface area contributed by atoms with Gasteiger partial charge < -0.3 is 14.6 Å². The Labute approximate surface area is 214 Å². The molecule has 5 aliphatic carbocycles. The zero-order valence-electron chi connectivity index (χ0n) is 23.8. The lowest BCUT2D eigenvalue weighted by Gasteiger charge is -2.72. The second-order valence-electron chi connectivity index (χ2n) is 15.5. The summed E-state index contributed by atoms with van der Waals surface area (Å²) >= 11 is 0. The Morgan fingerprint density at radius 3 is 2.37 bits per heavy atom. The predicted molar refractivity (Wildman–Crippen MR) is 141 cm³/mol. The number of fused-ring (bicyclic) bond motifs is 9. The summed E-state index contributed by atoms with van der Waals surface area (Å²) < 4.78 is 12.7. The Balaban J connectivity index is 1.39. The van der Waals surface area contributed by atoms with Crippen LogP contribution in [0.25, 0.3) is 0 Å². The van der Waals surface area contributed by atoms with Crippen LogP contribution in [0, 0.1) is 57.2 Å². The van der Waals surface area contributed by atoms with Crippen LogP contribution in [0.3, 0.4) is 0 Å². The molecule has 1 N–H and O–H groups in total. The van der Waals surface area contributed by atoms with Crippen LogP contribution < -0.4 is 0 Å². The molecule has 1 aliphatic heterocycles. The van der Waals surface area contributed by atoms with E-state index in [0.29, 0.717) is 29.3 Å². The fourth-order valence-electron chi connectivity index (χ4n) is 11.5. The highest BCUT2D eigenvalue weighted by Crippen LogP contribution is 2.75. The molecule has 0 radical (unpaired) electrons. The molecule has 0 bridgehead atoms. The van der Waals surface area contributed by atoms with Crippen molar-refractivity contribution in [3.8, 4) is 0 Å². The summed E-state index contributed by atoms with van der Waals surface area (Å²) in [6, 6.07) is 0. The molecule has 0 spiro atoms. The molecule has 6 rings (SSSR count). The number of aliphatic hydroxyl groups excluding tert-OH is 1. The van der Waals surface area contributed by atoms with Gasteiger partial charge in [-0.15, -0.1) is 0 Å². The van der Waals surface area contributed by atoms with E-state index >= 15 is 0 Å². The molecular formula is C32H52O3. The van der Waals surface area contributed by atoms with E-state index in [9.17, 15) is 5.11 Å². The van der Waals surface area contributed by atoms with Crippen LogP contribution >= 0.6 is 0 Å². The largest absolute Gasteiger partial charge is 0.390 e. The van der Waals surface area contributed by atoms with Gasteiger partial charge in [-0.25, -0.2) is 0 Å². The monoisotopic (exact) mass is 484 g/mol. The van der Waals surface area contributed by atoms with E-state index in [2.05, 4.69) is 47.6 Å². The number of ether oxygens (including phenoxy) is 2. The van der Waals surface area contributed by atoms with Gasteiger partial charge >= 0.3 is 0 Å². The van der Waals surface area contributed by atoms with E-state index in [1.165, 1.54) is 44.9 Å². The van der Waals surface area contributed by atoms with Crippen molar-refractivity contribution in [3.63, 3.8) is 0 Å². The first kappa shape index (κ1) is 24.9. The molecule has 12 atom stereocenters. The third-order valence-electron chi connectivity index (χ3n) is 13.7. The van der Waals surface area contributed by atoms with Gasteiger partial charge in [0.1, 0.15) is 0 Å². The third kappa shape index (κ3) is 3.13. The summed E-state index contributed by atoms with van der Waals surface area (Å²) in [4.78, 5) is 0. The second kappa shape index (κ2) is 7.60. The number of hydrogen-bond acceptors (Lipinski definition) is 3. The molecule has 6 aliphatic rings. The minimum Gasteiger partial charge on any atom is -0.390 e. The summed E-state index contributed by atoms with van der Waals surface area (Å²) in [5, 5.41) is 11.6. The minimum atomic E-state index is -0.607. The number of aliphatic hydroxyl groups is 1. The number of rotatable bonds is 0. The van der Waals surface area contributed by atoms with Crippen LogP contribution in [0.1, 0.15) is 107 Å². The van der Waals surface area contributed by atoms with Gasteiger partial charge in [0, 0.05) is 5.41 Å². The van der Waals surface area contributed by atoms with Gasteiger partial charge in [-0.2, -0.15) is 0 Å². The van der Waals surface area contributed by atoms with Crippen molar-refractivity contribution in [2.45, 2.75) is 125 Å². The molecule has 198 valence electrons. The summed E-state index contributed by atoms with van der Waals surface area (Å²) in [5.41, 5.74) is 2.42. The molecule has 5 fully saturated rings. The van der Waals surface area contributed by atoms with Crippen LogP contribution in [0.4, 0.5) is 0 Å². The number of allylic oxidation sites excluding steroid dienone is 2. The molecule has 3 nitrogen and oxygen atoms in total. The molecule has 4 saturated carbocycles. The van der Waals surface area contributed by atoms with E-state index in [-0.39, 0.29) is 16.9 Å². The molecule has 0 aromatic rings. The molecule has 35 heavy (non-hydrogen) atoms. The fourth-order valence-corrected chi connectivity index (χ4v) is 11.5. The van der Waals surface area contributed by atoms with E-state index in [1.807, 2.05) is 19.4 Å². The molecule has 1 saturated heterocycles. The summed E-state index contributed by atoms with van der Waals surface area (Å²) in [6.45, 7) is 20.0. The van der Waals surface area contributed by atoms with Crippen molar-refractivity contribution >= 4 is 0 Å². The molecule has 6 unspecified atom stereocenters. The van der Waals surface area contributed by atoms with Gasteiger partial charge in [0.25, 0.3) is 0 Å². The van der Waals surface area contributed by atoms with Crippen LogP contribution in [0.5, 0.6) is 0 Å². The molecular weight excluding hydrogens is 432 g/mol. The maximum Gasteiger partial charge on any atom is 0.163 e.